The summed E-state index contributed by atoms with van der Waals surface area (Å²) in [5.41, 5.74) is 1.36. The number of nitrogens with one attached hydrogen (secondary N) is 2. The number of nitrogens with zero attached hydrogens (tertiary/aromatic N) is 1. The van der Waals surface area contributed by atoms with E-state index in [0.29, 0.717) is 35.0 Å². The van der Waals surface area contributed by atoms with Crippen LogP contribution in [0.25, 0.3) is 0 Å². The van der Waals surface area contributed by atoms with Crippen molar-refractivity contribution >= 4 is 40.9 Å². The zero-order valence-corrected chi connectivity index (χ0v) is 20.6. The number of thioether (sulfide) groups is 1. The van der Waals surface area contributed by atoms with E-state index < -0.39 is 5.91 Å². The number of methoxy groups -OCH3 is 2. The first kappa shape index (κ1) is 25.1. The van der Waals surface area contributed by atoms with Gasteiger partial charge >= 0.3 is 0 Å². The first-order chi connectivity index (χ1) is 17.5. The Labute approximate surface area is 212 Å². The first-order valence-electron chi connectivity index (χ1n) is 11.1. The van der Waals surface area contributed by atoms with E-state index in [1.165, 1.54) is 11.2 Å². The molecule has 0 radical (unpaired) electrons. The van der Waals surface area contributed by atoms with Gasteiger partial charge in [0, 0.05) is 36.5 Å². The second kappa shape index (κ2) is 11.6. The van der Waals surface area contributed by atoms with Gasteiger partial charge in [0.2, 0.25) is 0 Å². The number of furan rings is 1. The van der Waals surface area contributed by atoms with E-state index in [1.807, 2.05) is 0 Å². The maximum absolute atomic E-state index is 13.3. The molecular weight excluding hydrogens is 482 g/mol. The Morgan fingerprint density at radius 3 is 2.50 bits per heavy atom. The standard InChI is InChI=1S/C26H25N3O6S/c1-33-14-5-13-29-25(31)22(27-17-9-11-19(34-2)12-10-17)23(26(29)32)36-20-7-3-6-18(16-20)28-24(30)21-8-4-15-35-21/h3-4,6-12,15-16,27H,5,13-14H2,1-2H3,(H,28,30). The molecule has 9 nitrogen and oxygen atoms in total. The molecule has 3 amide bonds. The van der Waals surface area contributed by atoms with Crippen molar-refractivity contribution < 1.29 is 28.3 Å². The van der Waals surface area contributed by atoms with Gasteiger partial charge in [-0.2, -0.15) is 0 Å². The topological polar surface area (TPSA) is 110 Å². The van der Waals surface area contributed by atoms with Gasteiger partial charge in [-0.3, -0.25) is 19.3 Å². The number of ether oxygens (including phenoxy) is 2. The van der Waals surface area contributed by atoms with Crippen LogP contribution in [0.3, 0.4) is 0 Å². The molecule has 1 aliphatic rings. The van der Waals surface area contributed by atoms with Crippen molar-refractivity contribution in [1.82, 2.24) is 4.90 Å². The summed E-state index contributed by atoms with van der Waals surface area (Å²) in [5.74, 6) is -0.323. The van der Waals surface area contributed by atoms with E-state index in [4.69, 9.17) is 13.9 Å². The van der Waals surface area contributed by atoms with Crippen LogP contribution in [-0.4, -0.2) is 50.0 Å². The Bertz CT molecular complexity index is 1270. The fraction of sp³-hybridized carbons (Fsp3) is 0.192. The monoisotopic (exact) mass is 507 g/mol. The van der Waals surface area contributed by atoms with Crippen molar-refractivity contribution in [2.24, 2.45) is 0 Å². The molecule has 0 fully saturated rings. The molecule has 0 atom stereocenters. The van der Waals surface area contributed by atoms with Crippen LogP contribution in [0.5, 0.6) is 5.75 Å². The number of carbonyl (C=O) groups is 3. The molecule has 0 unspecified atom stereocenters. The predicted octanol–water partition coefficient (Wildman–Crippen LogP) is 4.36. The highest BCUT2D eigenvalue weighted by Gasteiger charge is 2.38. The number of amides is 3. The van der Waals surface area contributed by atoms with Gasteiger partial charge in [0.25, 0.3) is 17.7 Å². The van der Waals surface area contributed by atoms with Gasteiger partial charge in [0.1, 0.15) is 16.4 Å². The minimum Gasteiger partial charge on any atom is -0.497 e. The lowest BCUT2D eigenvalue weighted by Crippen LogP contribution is -2.33. The molecule has 3 aromatic rings. The molecule has 0 bridgehead atoms. The van der Waals surface area contributed by atoms with Crippen molar-refractivity contribution in [1.29, 1.82) is 0 Å². The van der Waals surface area contributed by atoms with Gasteiger partial charge in [-0.05, 0) is 61.0 Å². The largest absolute Gasteiger partial charge is 0.497 e. The van der Waals surface area contributed by atoms with Crippen molar-refractivity contribution in [2.45, 2.75) is 11.3 Å². The summed E-state index contributed by atoms with van der Waals surface area (Å²) in [7, 11) is 3.14. The Morgan fingerprint density at radius 2 is 1.81 bits per heavy atom. The molecule has 0 saturated heterocycles. The van der Waals surface area contributed by atoms with Gasteiger partial charge < -0.3 is 24.5 Å². The number of hydrogen-bond acceptors (Lipinski definition) is 8. The predicted molar refractivity (Wildman–Crippen MR) is 136 cm³/mol. The number of imide groups is 1. The van der Waals surface area contributed by atoms with Crippen LogP contribution < -0.4 is 15.4 Å². The van der Waals surface area contributed by atoms with E-state index in [1.54, 1.807) is 74.9 Å². The van der Waals surface area contributed by atoms with Crippen LogP contribution in [0.15, 0.2) is 86.8 Å². The molecule has 2 N–H and O–H groups in total. The first-order valence-corrected chi connectivity index (χ1v) is 11.9. The summed E-state index contributed by atoms with van der Waals surface area (Å²) < 4.78 is 15.4. The zero-order valence-electron chi connectivity index (χ0n) is 19.8. The smallest absolute Gasteiger partial charge is 0.291 e. The molecule has 1 aromatic heterocycles. The van der Waals surface area contributed by atoms with Crippen LogP contribution in [0.2, 0.25) is 0 Å². The van der Waals surface area contributed by atoms with E-state index in [-0.39, 0.29) is 34.7 Å². The number of rotatable bonds is 11. The van der Waals surface area contributed by atoms with Gasteiger partial charge in [-0.1, -0.05) is 17.8 Å². The highest BCUT2D eigenvalue weighted by atomic mass is 32.2. The van der Waals surface area contributed by atoms with Crippen LogP contribution >= 0.6 is 11.8 Å². The maximum Gasteiger partial charge on any atom is 0.291 e. The Kier molecular flexibility index (Phi) is 8.09. The zero-order chi connectivity index (χ0) is 25.5. The fourth-order valence-electron chi connectivity index (χ4n) is 3.50. The normalized spacial score (nSPS) is 13.3. The summed E-state index contributed by atoms with van der Waals surface area (Å²) >= 11 is 1.15. The quantitative estimate of drug-likeness (QED) is 0.291. The highest BCUT2D eigenvalue weighted by molar-refractivity contribution is 8.04. The minimum absolute atomic E-state index is 0.185. The fourth-order valence-corrected chi connectivity index (χ4v) is 4.51. The Morgan fingerprint density at radius 1 is 1.00 bits per heavy atom. The van der Waals surface area contributed by atoms with E-state index in [9.17, 15) is 14.4 Å². The second-order valence-corrected chi connectivity index (χ2v) is 8.81. The highest BCUT2D eigenvalue weighted by Crippen LogP contribution is 2.37. The van der Waals surface area contributed by atoms with Crippen molar-refractivity contribution in [3.63, 3.8) is 0 Å². The summed E-state index contributed by atoms with van der Waals surface area (Å²) in [6.07, 6.45) is 1.95. The molecule has 4 rings (SSSR count). The molecule has 10 heteroatoms. The summed E-state index contributed by atoms with van der Waals surface area (Å²) in [6, 6.07) is 17.3. The number of hydrogen-bond donors (Lipinski definition) is 2. The third kappa shape index (κ3) is 5.78. The molecule has 1 aliphatic heterocycles. The third-order valence-corrected chi connectivity index (χ3v) is 6.34. The van der Waals surface area contributed by atoms with E-state index in [0.717, 1.165) is 11.8 Å². The van der Waals surface area contributed by atoms with Gasteiger partial charge in [-0.15, -0.1) is 0 Å². The van der Waals surface area contributed by atoms with Crippen molar-refractivity contribution in [3.8, 4) is 5.75 Å². The molecular formula is C26H25N3O6S. The maximum atomic E-state index is 13.3. The van der Waals surface area contributed by atoms with E-state index >= 15 is 0 Å². The summed E-state index contributed by atoms with van der Waals surface area (Å²) in [5, 5.41) is 5.88. The van der Waals surface area contributed by atoms with Crippen LogP contribution in [0.4, 0.5) is 11.4 Å². The van der Waals surface area contributed by atoms with Gasteiger partial charge in [0.15, 0.2) is 5.76 Å². The third-order valence-electron chi connectivity index (χ3n) is 5.27. The lowest BCUT2D eigenvalue weighted by Gasteiger charge is -2.14. The average molecular weight is 508 g/mol. The van der Waals surface area contributed by atoms with Crippen molar-refractivity contribution in [3.05, 3.63) is 83.3 Å². The second-order valence-electron chi connectivity index (χ2n) is 7.73. The summed E-state index contributed by atoms with van der Waals surface area (Å²) in [4.78, 5) is 41.0. The number of anilines is 2. The van der Waals surface area contributed by atoms with Crippen LogP contribution in [0, 0.1) is 0 Å². The Hall–Kier alpha value is -4.02. The lowest BCUT2D eigenvalue weighted by molar-refractivity contribution is -0.137. The van der Waals surface area contributed by atoms with Crippen LogP contribution in [0.1, 0.15) is 17.0 Å². The van der Waals surface area contributed by atoms with Crippen LogP contribution in [-0.2, 0) is 14.3 Å². The SMILES string of the molecule is COCCCN1C(=O)C(Nc2ccc(OC)cc2)=C(Sc2cccc(NC(=O)c3ccco3)c2)C1=O. The molecule has 0 aliphatic carbocycles. The van der Waals surface area contributed by atoms with Gasteiger partial charge in [-0.25, -0.2) is 0 Å². The molecule has 2 heterocycles. The summed E-state index contributed by atoms with van der Waals surface area (Å²) in [6.45, 7) is 0.667. The lowest BCUT2D eigenvalue weighted by atomic mass is 10.3. The van der Waals surface area contributed by atoms with Crippen molar-refractivity contribution in [2.75, 3.05) is 38.0 Å². The number of benzene rings is 2. The minimum atomic E-state index is -0.406. The molecule has 36 heavy (non-hydrogen) atoms. The van der Waals surface area contributed by atoms with E-state index in [2.05, 4.69) is 10.6 Å². The molecule has 2 aromatic carbocycles. The molecule has 0 saturated carbocycles. The van der Waals surface area contributed by atoms with Gasteiger partial charge in [0.05, 0.1) is 13.4 Å². The number of carbonyl (C=O) groups excluding carboxylic acids is 3. The molecule has 186 valence electrons. The average Bonchev–Trinajstić information content (AvgIpc) is 3.50. The Balaban J connectivity index is 1.58. The molecule has 0 spiro atoms.